The minimum absolute atomic E-state index is 0.0242. The summed E-state index contributed by atoms with van der Waals surface area (Å²) in [5.74, 6) is 4.74. The normalized spacial score (nSPS) is 20.1. The number of likely N-dealkylation sites (N-methyl/N-ethyl adjacent to an activating group) is 1. The predicted octanol–water partition coefficient (Wildman–Crippen LogP) is 3.52. The summed E-state index contributed by atoms with van der Waals surface area (Å²) in [5, 5.41) is 9.77. The zero-order valence-electron chi connectivity index (χ0n) is 21.1. The lowest BCUT2D eigenvalue weighted by atomic mass is 10.0. The van der Waals surface area contributed by atoms with Gasteiger partial charge in [0.15, 0.2) is 0 Å². The largest absolute Gasteiger partial charge is 0.487 e. The molecule has 194 valence electrons. The molecule has 0 bridgehead atoms. The monoisotopic (exact) mass is 516 g/mol. The standard InChI is InChI=1S/C27H33FN2O5S/c1-5-6-7-10-21-13-14-26-24(15-21)35-25(19(2)16-30(20(3)18-31)36(26,33)34)17-29(4)27(32)22-11-8-9-12-23(22)28/h8-9,11-15,19-20,25,31H,5-6,16-18H2,1-4H3/t19-,20-,25+/m0/s1. The second-order valence-electron chi connectivity index (χ2n) is 9.12. The molecule has 7 nitrogen and oxygen atoms in total. The summed E-state index contributed by atoms with van der Waals surface area (Å²) in [6.07, 6.45) is 1.01. The van der Waals surface area contributed by atoms with Crippen LogP contribution in [0.4, 0.5) is 4.39 Å². The van der Waals surface area contributed by atoms with Crippen LogP contribution < -0.4 is 4.74 Å². The molecule has 0 unspecified atom stereocenters. The second-order valence-corrected chi connectivity index (χ2v) is 11.0. The summed E-state index contributed by atoms with van der Waals surface area (Å²) >= 11 is 0. The molecule has 0 spiro atoms. The summed E-state index contributed by atoms with van der Waals surface area (Å²) in [7, 11) is -2.42. The smallest absolute Gasteiger partial charge is 0.256 e. The molecule has 3 atom stereocenters. The van der Waals surface area contributed by atoms with Gasteiger partial charge in [0.2, 0.25) is 10.0 Å². The SMILES string of the molecule is CCCC#Cc1ccc2c(c1)O[C@H](CN(C)C(=O)c1ccccc1F)[C@@H](C)CN([C@@H](C)CO)S2(=O)=O. The maximum absolute atomic E-state index is 14.2. The molecule has 1 aliphatic rings. The van der Waals surface area contributed by atoms with Gasteiger partial charge in [-0.25, -0.2) is 12.8 Å². The Morgan fingerprint density at radius 1 is 1.31 bits per heavy atom. The number of ether oxygens (including phenoxy) is 1. The molecule has 0 fully saturated rings. The molecule has 0 aliphatic carbocycles. The zero-order chi connectivity index (χ0) is 26.5. The maximum Gasteiger partial charge on any atom is 0.256 e. The Bertz CT molecular complexity index is 1250. The van der Waals surface area contributed by atoms with E-state index in [1.807, 2.05) is 13.8 Å². The summed E-state index contributed by atoms with van der Waals surface area (Å²) < 4.78 is 48.8. The van der Waals surface area contributed by atoms with Gasteiger partial charge in [0.1, 0.15) is 22.6 Å². The van der Waals surface area contributed by atoms with Crippen LogP contribution in [-0.4, -0.2) is 67.5 Å². The number of carbonyl (C=O) groups is 1. The van der Waals surface area contributed by atoms with Gasteiger partial charge in [0.25, 0.3) is 5.91 Å². The van der Waals surface area contributed by atoms with E-state index in [4.69, 9.17) is 4.74 Å². The maximum atomic E-state index is 14.2. The Labute approximate surface area is 212 Å². The molecule has 36 heavy (non-hydrogen) atoms. The quantitative estimate of drug-likeness (QED) is 0.594. The van der Waals surface area contributed by atoms with E-state index >= 15 is 0 Å². The summed E-state index contributed by atoms with van der Waals surface area (Å²) in [4.78, 5) is 14.3. The molecule has 3 rings (SSSR count). The molecular weight excluding hydrogens is 483 g/mol. The molecule has 0 radical (unpaired) electrons. The van der Waals surface area contributed by atoms with Gasteiger partial charge in [-0.3, -0.25) is 4.79 Å². The minimum atomic E-state index is -3.98. The fourth-order valence-corrected chi connectivity index (χ4v) is 5.83. The Balaban J connectivity index is 2.01. The molecule has 1 N–H and O–H groups in total. The van der Waals surface area contributed by atoms with E-state index in [1.54, 1.807) is 32.2 Å². The second kappa shape index (κ2) is 11.9. The first-order chi connectivity index (χ1) is 17.1. The number of sulfonamides is 1. The Morgan fingerprint density at radius 3 is 2.69 bits per heavy atom. The number of benzene rings is 2. The van der Waals surface area contributed by atoms with E-state index in [1.165, 1.54) is 33.5 Å². The number of halogens is 1. The highest BCUT2D eigenvalue weighted by molar-refractivity contribution is 7.89. The van der Waals surface area contributed by atoms with Gasteiger partial charge in [-0.05, 0) is 43.7 Å². The topological polar surface area (TPSA) is 87.2 Å². The average molecular weight is 517 g/mol. The summed E-state index contributed by atoms with van der Waals surface area (Å²) in [6.45, 7) is 5.31. The number of nitrogens with zero attached hydrogens (tertiary/aromatic N) is 2. The number of unbranched alkanes of at least 4 members (excludes halogenated alkanes) is 1. The van der Waals surface area contributed by atoms with E-state index in [0.717, 1.165) is 6.42 Å². The highest BCUT2D eigenvalue weighted by Gasteiger charge is 2.38. The molecular formula is C27H33FN2O5S. The molecule has 0 saturated carbocycles. The number of carbonyl (C=O) groups excluding carboxylic acids is 1. The highest BCUT2D eigenvalue weighted by atomic mass is 32.2. The van der Waals surface area contributed by atoms with Crippen LogP contribution in [0.1, 0.15) is 49.5 Å². The Kier molecular flexibility index (Phi) is 9.12. The van der Waals surface area contributed by atoms with Gasteiger partial charge in [-0.2, -0.15) is 4.31 Å². The minimum Gasteiger partial charge on any atom is -0.487 e. The molecule has 1 heterocycles. The van der Waals surface area contributed by atoms with E-state index in [9.17, 15) is 22.7 Å². The number of amides is 1. The fourth-order valence-electron chi connectivity index (χ4n) is 4.00. The van der Waals surface area contributed by atoms with Crippen molar-refractivity contribution in [3.63, 3.8) is 0 Å². The number of hydrogen-bond acceptors (Lipinski definition) is 5. The van der Waals surface area contributed by atoms with Crippen LogP contribution >= 0.6 is 0 Å². The third-order valence-corrected chi connectivity index (χ3v) is 8.20. The van der Waals surface area contributed by atoms with Crippen molar-refractivity contribution in [2.75, 3.05) is 26.7 Å². The Hall–Kier alpha value is -2.93. The molecule has 0 saturated heterocycles. The number of fused-ring (bicyclic) bond motifs is 1. The van der Waals surface area contributed by atoms with Crippen LogP contribution in [0.2, 0.25) is 0 Å². The molecule has 2 aromatic rings. The predicted molar refractivity (Wildman–Crippen MR) is 136 cm³/mol. The molecule has 1 amide bonds. The Morgan fingerprint density at radius 2 is 2.03 bits per heavy atom. The lowest BCUT2D eigenvalue weighted by Gasteiger charge is -2.37. The summed E-state index contributed by atoms with van der Waals surface area (Å²) in [6, 6.07) is 9.80. The molecule has 2 aromatic carbocycles. The van der Waals surface area contributed by atoms with Crippen molar-refractivity contribution in [2.24, 2.45) is 5.92 Å². The van der Waals surface area contributed by atoms with Gasteiger partial charge >= 0.3 is 0 Å². The van der Waals surface area contributed by atoms with Crippen molar-refractivity contribution in [1.82, 2.24) is 9.21 Å². The van der Waals surface area contributed by atoms with Crippen molar-refractivity contribution in [1.29, 1.82) is 0 Å². The van der Waals surface area contributed by atoms with Crippen molar-refractivity contribution in [3.05, 3.63) is 59.4 Å². The van der Waals surface area contributed by atoms with Gasteiger partial charge in [0, 0.05) is 37.5 Å². The van der Waals surface area contributed by atoms with Crippen molar-refractivity contribution < 1.29 is 27.4 Å². The van der Waals surface area contributed by atoms with Crippen LogP contribution in [0.25, 0.3) is 0 Å². The van der Waals surface area contributed by atoms with Crippen LogP contribution in [-0.2, 0) is 10.0 Å². The summed E-state index contributed by atoms with van der Waals surface area (Å²) in [5.41, 5.74) is 0.562. The lowest BCUT2D eigenvalue weighted by molar-refractivity contribution is 0.0560. The van der Waals surface area contributed by atoms with E-state index in [-0.39, 0.29) is 41.8 Å². The number of rotatable bonds is 6. The van der Waals surface area contributed by atoms with E-state index < -0.39 is 33.9 Å². The first-order valence-electron chi connectivity index (χ1n) is 12.0. The fraction of sp³-hybridized carbons (Fsp3) is 0.444. The van der Waals surface area contributed by atoms with Gasteiger partial charge in [-0.1, -0.05) is 37.8 Å². The van der Waals surface area contributed by atoms with Crippen molar-refractivity contribution in [2.45, 2.75) is 50.7 Å². The van der Waals surface area contributed by atoms with Crippen LogP contribution in [0.3, 0.4) is 0 Å². The number of aliphatic hydroxyl groups is 1. The number of hydrogen-bond donors (Lipinski definition) is 1. The van der Waals surface area contributed by atoms with Crippen LogP contribution in [0.5, 0.6) is 5.75 Å². The third-order valence-electron chi connectivity index (χ3n) is 6.18. The van der Waals surface area contributed by atoms with Gasteiger partial charge < -0.3 is 14.7 Å². The van der Waals surface area contributed by atoms with Crippen LogP contribution in [0, 0.1) is 23.6 Å². The first kappa shape index (κ1) is 27.7. The lowest BCUT2D eigenvalue weighted by Crippen LogP contribution is -2.50. The van der Waals surface area contributed by atoms with Crippen molar-refractivity contribution in [3.8, 4) is 17.6 Å². The van der Waals surface area contributed by atoms with Crippen LogP contribution in [0.15, 0.2) is 47.4 Å². The van der Waals surface area contributed by atoms with E-state index in [0.29, 0.717) is 12.0 Å². The van der Waals surface area contributed by atoms with Crippen molar-refractivity contribution >= 4 is 15.9 Å². The third kappa shape index (κ3) is 6.06. The molecule has 0 aromatic heterocycles. The van der Waals surface area contributed by atoms with Gasteiger partial charge in [-0.15, -0.1) is 0 Å². The zero-order valence-corrected chi connectivity index (χ0v) is 21.9. The van der Waals surface area contributed by atoms with Gasteiger partial charge in [0.05, 0.1) is 18.7 Å². The highest BCUT2D eigenvalue weighted by Crippen LogP contribution is 2.34. The first-order valence-corrected chi connectivity index (χ1v) is 13.5. The average Bonchev–Trinajstić information content (AvgIpc) is 2.85. The molecule has 9 heteroatoms. The molecule has 1 aliphatic heterocycles. The van der Waals surface area contributed by atoms with E-state index in [2.05, 4.69) is 11.8 Å². The number of aliphatic hydroxyl groups excluding tert-OH is 1.